The molecule has 3 aromatic rings. The van der Waals surface area contributed by atoms with Crippen LogP contribution in [0.1, 0.15) is 35.0 Å². The Morgan fingerprint density at radius 3 is 2.61 bits per heavy atom. The molecule has 1 amide bonds. The molecular weight excluding hydrogens is 346 g/mol. The summed E-state index contributed by atoms with van der Waals surface area (Å²) < 4.78 is 0. The number of fused-ring (bicyclic) bond motifs is 2. The number of hydrogen-bond acceptors (Lipinski definition) is 3. The number of para-hydroxylation sites is 2. The van der Waals surface area contributed by atoms with Crippen LogP contribution >= 0.6 is 0 Å². The summed E-state index contributed by atoms with van der Waals surface area (Å²) in [5, 5.41) is 0. The number of pyridine rings is 1. The van der Waals surface area contributed by atoms with Crippen LogP contribution in [0.2, 0.25) is 0 Å². The first kappa shape index (κ1) is 17.0. The molecule has 1 atom stereocenters. The molecule has 0 bridgehead atoms. The lowest BCUT2D eigenvalue weighted by Gasteiger charge is -2.31. The predicted octanol–water partition coefficient (Wildman–Crippen LogP) is 4.76. The number of nitrogens with zero attached hydrogens (tertiary/aromatic N) is 3. The van der Waals surface area contributed by atoms with Gasteiger partial charge in [0.25, 0.3) is 5.91 Å². The van der Waals surface area contributed by atoms with Crippen molar-refractivity contribution < 1.29 is 4.79 Å². The molecule has 2 aliphatic rings. The van der Waals surface area contributed by atoms with Crippen molar-refractivity contribution in [2.75, 3.05) is 16.3 Å². The number of carbonyl (C=O) groups excluding carboxylic acids is 1. The molecule has 4 nitrogen and oxygen atoms in total. The van der Waals surface area contributed by atoms with E-state index in [4.69, 9.17) is 0 Å². The van der Waals surface area contributed by atoms with E-state index in [0.29, 0.717) is 5.69 Å². The van der Waals surface area contributed by atoms with Crippen LogP contribution in [0, 0.1) is 0 Å². The van der Waals surface area contributed by atoms with Gasteiger partial charge >= 0.3 is 0 Å². The standard InChI is InChI=1S/C24H23N3O/c1-17-15-19-8-3-5-11-23(19)27(17)24(28)21-16-20(12-13-25-21)26-14-6-9-18-7-2-4-10-22(18)26/h2-5,7-8,10-13,16-17H,6,9,14-15H2,1H3. The van der Waals surface area contributed by atoms with Crippen molar-refractivity contribution in [1.82, 2.24) is 4.98 Å². The number of benzene rings is 2. The predicted molar refractivity (Wildman–Crippen MR) is 112 cm³/mol. The van der Waals surface area contributed by atoms with E-state index in [0.717, 1.165) is 37.2 Å². The van der Waals surface area contributed by atoms with E-state index in [9.17, 15) is 4.79 Å². The maximum absolute atomic E-state index is 13.3. The maximum Gasteiger partial charge on any atom is 0.277 e. The van der Waals surface area contributed by atoms with Gasteiger partial charge in [-0.1, -0.05) is 36.4 Å². The fraction of sp³-hybridized carbons (Fsp3) is 0.250. The van der Waals surface area contributed by atoms with E-state index < -0.39 is 0 Å². The van der Waals surface area contributed by atoms with Gasteiger partial charge in [0.05, 0.1) is 0 Å². The summed E-state index contributed by atoms with van der Waals surface area (Å²) in [6, 6.07) is 20.8. The molecule has 1 aromatic heterocycles. The zero-order valence-corrected chi connectivity index (χ0v) is 16.0. The summed E-state index contributed by atoms with van der Waals surface area (Å²) in [6.45, 7) is 3.06. The largest absolute Gasteiger partial charge is 0.341 e. The Morgan fingerprint density at radius 2 is 1.75 bits per heavy atom. The number of carbonyl (C=O) groups is 1. The zero-order valence-electron chi connectivity index (χ0n) is 16.0. The average molecular weight is 369 g/mol. The molecule has 4 heteroatoms. The van der Waals surface area contributed by atoms with Crippen molar-refractivity contribution in [3.63, 3.8) is 0 Å². The van der Waals surface area contributed by atoms with Crippen molar-refractivity contribution in [2.24, 2.45) is 0 Å². The van der Waals surface area contributed by atoms with Gasteiger partial charge in [-0.15, -0.1) is 0 Å². The van der Waals surface area contributed by atoms with Gasteiger partial charge in [-0.25, -0.2) is 0 Å². The molecule has 0 radical (unpaired) electrons. The first-order valence-electron chi connectivity index (χ1n) is 9.95. The first-order chi connectivity index (χ1) is 13.7. The summed E-state index contributed by atoms with van der Waals surface area (Å²) in [6.07, 6.45) is 4.86. The van der Waals surface area contributed by atoms with Gasteiger partial charge in [0, 0.05) is 35.8 Å². The van der Waals surface area contributed by atoms with Gasteiger partial charge in [-0.3, -0.25) is 9.78 Å². The summed E-state index contributed by atoms with van der Waals surface area (Å²) in [5.41, 5.74) is 6.37. The highest BCUT2D eigenvalue weighted by atomic mass is 16.2. The molecule has 1 unspecified atom stereocenters. The number of rotatable bonds is 2. The molecule has 0 spiro atoms. The SMILES string of the molecule is CC1Cc2ccccc2N1C(=O)c1cc(N2CCCc3ccccc32)ccn1. The lowest BCUT2D eigenvalue weighted by atomic mass is 10.0. The lowest BCUT2D eigenvalue weighted by molar-refractivity contribution is 0.0976. The molecule has 0 N–H and O–H groups in total. The van der Waals surface area contributed by atoms with Crippen LogP contribution in [0.15, 0.2) is 66.9 Å². The van der Waals surface area contributed by atoms with Crippen molar-refractivity contribution >= 4 is 23.0 Å². The Labute approximate surface area is 165 Å². The summed E-state index contributed by atoms with van der Waals surface area (Å²) in [4.78, 5) is 22.0. The van der Waals surface area contributed by atoms with Crippen LogP contribution in [-0.4, -0.2) is 23.5 Å². The smallest absolute Gasteiger partial charge is 0.277 e. The normalized spacial score (nSPS) is 18.0. The van der Waals surface area contributed by atoms with E-state index in [2.05, 4.69) is 47.1 Å². The minimum absolute atomic E-state index is 0.0235. The van der Waals surface area contributed by atoms with Crippen LogP contribution in [0.4, 0.5) is 17.1 Å². The molecule has 0 fully saturated rings. The van der Waals surface area contributed by atoms with Crippen LogP contribution in [0.5, 0.6) is 0 Å². The van der Waals surface area contributed by atoms with Gasteiger partial charge in [-0.05, 0) is 61.6 Å². The van der Waals surface area contributed by atoms with Gasteiger partial charge < -0.3 is 9.80 Å². The van der Waals surface area contributed by atoms with Crippen LogP contribution < -0.4 is 9.80 Å². The van der Waals surface area contributed by atoms with Gasteiger partial charge in [0.2, 0.25) is 0 Å². The molecule has 3 heterocycles. The molecule has 5 rings (SSSR count). The number of aryl methyl sites for hydroxylation is 1. The monoisotopic (exact) mass is 369 g/mol. The number of aromatic nitrogens is 1. The molecule has 28 heavy (non-hydrogen) atoms. The van der Waals surface area contributed by atoms with Gasteiger partial charge in [0.15, 0.2) is 0 Å². The lowest BCUT2D eigenvalue weighted by Crippen LogP contribution is -2.36. The minimum atomic E-state index is -0.0235. The van der Waals surface area contributed by atoms with Gasteiger partial charge in [0.1, 0.15) is 5.69 Å². The Kier molecular flexibility index (Phi) is 4.12. The van der Waals surface area contributed by atoms with Crippen LogP contribution in [0.25, 0.3) is 0 Å². The molecule has 0 saturated carbocycles. The quantitative estimate of drug-likeness (QED) is 0.654. The highest BCUT2D eigenvalue weighted by Gasteiger charge is 2.32. The third-order valence-electron chi connectivity index (χ3n) is 5.81. The van der Waals surface area contributed by atoms with E-state index in [-0.39, 0.29) is 11.9 Å². The van der Waals surface area contributed by atoms with Crippen molar-refractivity contribution in [1.29, 1.82) is 0 Å². The van der Waals surface area contributed by atoms with E-state index >= 15 is 0 Å². The molecule has 0 saturated heterocycles. The molecule has 2 aromatic carbocycles. The minimum Gasteiger partial charge on any atom is -0.341 e. The van der Waals surface area contributed by atoms with E-state index in [1.165, 1.54) is 16.8 Å². The molecular formula is C24H23N3O. The zero-order chi connectivity index (χ0) is 19.1. The molecule has 0 aliphatic carbocycles. The topological polar surface area (TPSA) is 36.4 Å². The Morgan fingerprint density at radius 1 is 1.00 bits per heavy atom. The second-order valence-electron chi connectivity index (χ2n) is 7.64. The number of amides is 1. The van der Waals surface area contributed by atoms with E-state index in [1.54, 1.807) is 6.20 Å². The third-order valence-corrected chi connectivity index (χ3v) is 5.81. The Hall–Kier alpha value is -3.14. The highest BCUT2D eigenvalue weighted by molar-refractivity contribution is 6.07. The first-order valence-corrected chi connectivity index (χ1v) is 9.95. The Bertz CT molecular complexity index is 1050. The third kappa shape index (κ3) is 2.76. The number of anilines is 3. The molecule has 140 valence electrons. The maximum atomic E-state index is 13.3. The highest BCUT2D eigenvalue weighted by Crippen LogP contribution is 2.35. The number of hydrogen-bond donors (Lipinski definition) is 0. The van der Waals surface area contributed by atoms with Crippen LogP contribution in [-0.2, 0) is 12.8 Å². The van der Waals surface area contributed by atoms with E-state index in [1.807, 2.05) is 35.2 Å². The summed E-state index contributed by atoms with van der Waals surface area (Å²) in [7, 11) is 0. The molecule has 2 aliphatic heterocycles. The summed E-state index contributed by atoms with van der Waals surface area (Å²) >= 11 is 0. The second-order valence-corrected chi connectivity index (χ2v) is 7.64. The van der Waals surface area contributed by atoms with Gasteiger partial charge in [-0.2, -0.15) is 0 Å². The fourth-order valence-corrected chi connectivity index (χ4v) is 4.50. The summed E-state index contributed by atoms with van der Waals surface area (Å²) in [5.74, 6) is -0.0235. The fourth-order valence-electron chi connectivity index (χ4n) is 4.50. The average Bonchev–Trinajstić information content (AvgIpc) is 3.08. The van der Waals surface area contributed by atoms with Crippen molar-refractivity contribution in [3.8, 4) is 0 Å². The van der Waals surface area contributed by atoms with Crippen molar-refractivity contribution in [2.45, 2.75) is 32.2 Å². The van der Waals surface area contributed by atoms with Crippen LogP contribution in [0.3, 0.4) is 0 Å². The Balaban J connectivity index is 1.50. The van der Waals surface area contributed by atoms with Crippen molar-refractivity contribution in [3.05, 3.63) is 83.7 Å². The second kappa shape index (κ2) is 6.79.